The average molecular weight is 446 g/mol. The second-order valence-corrected chi connectivity index (χ2v) is 9.11. The fourth-order valence-corrected chi connectivity index (χ4v) is 5.14. The van der Waals surface area contributed by atoms with Crippen molar-refractivity contribution in [1.29, 1.82) is 0 Å². The molecule has 1 aliphatic rings. The molecule has 9 heteroatoms. The first-order chi connectivity index (χ1) is 14.9. The molecule has 31 heavy (non-hydrogen) atoms. The summed E-state index contributed by atoms with van der Waals surface area (Å²) in [6, 6.07) is 14.3. The minimum Gasteiger partial charge on any atom is -0.497 e. The SMILES string of the molecule is COc1ccc(S(=O)(=O)N2CCC[C@@H]2C(=O)NCCCNC(=O)c2ccccc2)cc1. The van der Waals surface area contributed by atoms with Crippen LogP contribution in [0.2, 0.25) is 0 Å². The van der Waals surface area contributed by atoms with Crippen LogP contribution < -0.4 is 15.4 Å². The van der Waals surface area contributed by atoms with Gasteiger partial charge in [-0.1, -0.05) is 18.2 Å². The van der Waals surface area contributed by atoms with Gasteiger partial charge in [0.15, 0.2) is 0 Å². The van der Waals surface area contributed by atoms with Gasteiger partial charge >= 0.3 is 0 Å². The molecule has 0 radical (unpaired) electrons. The van der Waals surface area contributed by atoms with Gasteiger partial charge in [-0.05, 0) is 55.7 Å². The lowest BCUT2D eigenvalue weighted by Gasteiger charge is -2.23. The van der Waals surface area contributed by atoms with Crippen molar-refractivity contribution in [3.63, 3.8) is 0 Å². The lowest BCUT2D eigenvalue weighted by atomic mass is 10.2. The number of nitrogens with one attached hydrogen (secondary N) is 2. The Morgan fingerprint density at radius 2 is 1.71 bits per heavy atom. The number of sulfonamides is 1. The van der Waals surface area contributed by atoms with Crippen LogP contribution in [-0.4, -0.2) is 57.3 Å². The number of carbonyl (C=O) groups is 2. The molecule has 2 amide bonds. The molecule has 0 aromatic heterocycles. The van der Waals surface area contributed by atoms with E-state index in [9.17, 15) is 18.0 Å². The molecule has 166 valence electrons. The molecule has 2 aromatic rings. The van der Waals surface area contributed by atoms with Gasteiger partial charge in [-0.15, -0.1) is 0 Å². The lowest BCUT2D eigenvalue weighted by molar-refractivity contribution is -0.124. The lowest BCUT2D eigenvalue weighted by Crippen LogP contribution is -2.46. The fourth-order valence-electron chi connectivity index (χ4n) is 3.48. The summed E-state index contributed by atoms with van der Waals surface area (Å²) in [5, 5.41) is 5.59. The zero-order valence-electron chi connectivity index (χ0n) is 17.4. The highest BCUT2D eigenvalue weighted by Crippen LogP contribution is 2.27. The first-order valence-electron chi connectivity index (χ1n) is 10.2. The van der Waals surface area contributed by atoms with E-state index in [0.717, 1.165) is 0 Å². The molecule has 1 aliphatic heterocycles. The highest BCUT2D eigenvalue weighted by molar-refractivity contribution is 7.89. The van der Waals surface area contributed by atoms with Gasteiger partial charge in [-0.25, -0.2) is 8.42 Å². The van der Waals surface area contributed by atoms with Crippen LogP contribution in [0.25, 0.3) is 0 Å². The van der Waals surface area contributed by atoms with E-state index in [1.165, 1.54) is 23.5 Å². The summed E-state index contributed by atoms with van der Waals surface area (Å²) < 4.78 is 32.3. The Morgan fingerprint density at radius 1 is 1.03 bits per heavy atom. The smallest absolute Gasteiger partial charge is 0.251 e. The first kappa shape index (κ1) is 22.8. The van der Waals surface area contributed by atoms with E-state index in [0.29, 0.717) is 50.2 Å². The van der Waals surface area contributed by atoms with Crippen molar-refractivity contribution >= 4 is 21.8 Å². The summed E-state index contributed by atoms with van der Waals surface area (Å²) >= 11 is 0. The average Bonchev–Trinajstić information content (AvgIpc) is 3.30. The van der Waals surface area contributed by atoms with Gasteiger partial charge in [0.2, 0.25) is 15.9 Å². The minimum atomic E-state index is -3.78. The first-order valence-corrected chi connectivity index (χ1v) is 11.6. The quantitative estimate of drug-likeness (QED) is 0.573. The van der Waals surface area contributed by atoms with Crippen molar-refractivity contribution in [2.24, 2.45) is 0 Å². The molecule has 0 saturated carbocycles. The van der Waals surface area contributed by atoms with Crippen molar-refractivity contribution in [2.75, 3.05) is 26.7 Å². The van der Waals surface area contributed by atoms with Crippen LogP contribution in [0, 0.1) is 0 Å². The van der Waals surface area contributed by atoms with E-state index < -0.39 is 16.1 Å². The van der Waals surface area contributed by atoms with Gasteiger partial charge in [0, 0.05) is 25.2 Å². The van der Waals surface area contributed by atoms with Gasteiger partial charge in [0.05, 0.1) is 12.0 Å². The van der Waals surface area contributed by atoms with Crippen molar-refractivity contribution < 1.29 is 22.7 Å². The molecule has 0 unspecified atom stereocenters. The fraction of sp³-hybridized carbons (Fsp3) is 0.364. The molecule has 8 nitrogen and oxygen atoms in total. The number of rotatable bonds is 9. The largest absolute Gasteiger partial charge is 0.497 e. The van der Waals surface area contributed by atoms with Gasteiger partial charge in [0.25, 0.3) is 5.91 Å². The Kier molecular flexibility index (Phi) is 7.64. The molecule has 0 spiro atoms. The van der Waals surface area contributed by atoms with Crippen molar-refractivity contribution in [3.05, 3.63) is 60.2 Å². The molecule has 3 rings (SSSR count). The Labute approximate surface area is 182 Å². The van der Waals surface area contributed by atoms with Crippen LogP contribution in [0.15, 0.2) is 59.5 Å². The molecule has 2 N–H and O–H groups in total. The number of carbonyl (C=O) groups excluding carboxylic acids is 2. The van der Waals surface area contributed by atoms with Crippen LogP contribution in [0.1, 0.15) is 29.6 Å². The van der Waals surface area contributed by atoms with Crippen LogP contribution in [-0.2, 0) is 14.8 Å². The third-order valence-corrected chi connectivity index (χ3v) is 7.07. The standard InChI is InChI=1S/C22H27N3O5S/c1-30-18-10-12-19(13-11-18)31(28,29)25-16-5-9-20(25)22(27)24-15-6-14-23-21(26)17-7-3-2-4-8-17/h2-4,7-8,10-13,20H,5-6,9,14-16H2,1H3,(H,23,26)(H,24,27)/t20-/m1/s1. The summed E-state index contributed by atoms with van der Waals surface area (Å²) in [4.78, 5) is 24.8. The normalized spacial score (nSPS) is 16.6. The predicted octanol–water partition coefficient (Wildman–Crippen LogP) is 1.78. The third-order valence-electron chi connectivity index (χ3n) is 5.15. The molecule has 1 saturated heterocycles. The summed E-state index contributed by atoms with van der Waals surface area (Å²) in [7, 11) is -2.26. The van der Waals surface area contributed by atoms with Crippen LogP contribution in [0.5, 0.6) is 5.75 Å². The van der Waals surface area contributed by atoms with Crippen LogP contribution in [0.4, 0.5) is 0 Å². The second kappa shape index (κ2) is 10.4. The maximum atomic E-state index is 13.0. The number of methoxy groups -OCH3 is 1. The van der Waals surface area contributed by atoms with E-state index in [-0.39, 0.29) is 16.7 Å². The Bertz CT molecular complexity index is 994. The molecule has 2 aromatic carbocycles. The highest BCUT2D eigenvalue weighted by Gasteiger charge is 2.39. The third kappa shape index (κ3) is 5.62. The predicted molar refractivity (Wildman–Crippen MR) is 116 cm³/mol. The summed E-state index contributed by atoms with van der Waals surface area (Å²) in [5.41, 5.74) is 0.580. The summed E-state index contributed by atoms with van der Waals surface area (Å²) in [6.45, 7) is 1.06. The molecule has 0 bridgehead atoms. The highest BCUT2D eigenvalue weighted by atomic mass is 32.2. The zero-order valence-corrected chi connectivity index (χ0v) is 18.2. The minimum absolute atomic E-state index is 0.136. The number of hydrogen-bond acceptors (Lipinski definition) is 5. The van der Waals surface area contributed by atoms with Gasteiger partial charge < -0.3 is 15.4 Å². The number of hydrogen-bond donors (Lipinski definition) is 2. The topological polar surface area (TPSA) is 105 Å². The Balaban J connectivity index is 1.49. The number of benzene rings is 2. The molecular formula is C22H27N3O5S. The monoisotopic (exact) mass is 445 g/mol. The number of ether oxygens (including phenoxy) is 1. The van der Waals surface area contributed by atoms with Gasteiger partial charge in [0.1, 0.15) is 11.8 Å². The van der Waals surface area contributed by atoms with E-state index in [1.54, 1.807) is 36.4 Å². The Morgan fingerprint density at radius 3 is 2.39 bits per heavy atom. The summed E-state index contributed by atoms with van der Waals surface area (Å²) in [6.07, 6.45) is 1.65. The molecule has 1 heterocycles. The molecule has 1 fully saturated rings. The van der Waals surface area contributed by atoms with E-state index in [1.807, 2.05) is 6.07 Å². The van der Waals surface area contributed by atoms with Crippen LogP contribution >= 0.6 is 0 Å². The molecule has 1 atom stereocenters. The van der Waals surface area contributed by atoms with Gasteiger partial charge in [-0.2, -0.15) is 4.31 Å². The van der Waals surface area contributed by atoms with Crippen LogP contribution in [0.3, 0.4) is 0 Å². The maximum Gasteiger partial charge on any atom is 0.251 e. The van der Waals surface area contributed by atoms with Crippen molar-refractivity contribution in [1.82, 2.24) is 14.9 Å². The maximum absolute atomic E-state index is 13.0. The number of nitrogens with zero attached hydrogens (tertiary/aromatic N) is 1. The van der Waals surface area contributed by atoms with Gasteiger partial charge in [-0.3, -0.25) is 9.59 Å². The van der Waals surface area contributed by atoms with Crippen molar-refractivity contribution in [3.8, 4) is 5.75 Å². The molecule has 0 aliphatic carbocycles. The van der Waals surface area contributed by atoms with Crippen molar-refractivity contribution in [2.45, 2.75) is 30.2 Å². The Hall–Kier alpha value is -2.91. The van der Waals surface area contributed by atoms with E-state index in [2.05, 4.69) is 10.6 Å². The summed E-state index contributed by atoms with van der Waals surface area (Å²) in [5.74, 6) is 0.0810. The zero-order chi connectivity index (χ0) is 22.3. The second-order valence-electron chi connectivity index (χ2n) is 7.22. The number of amides is 2. The van der Waals surface area contributed by atoms with E-state index in [4.69, 9.17) is 4.74 Å². The molecular weight excluding hydrogens is 418 g/mol. The van der Waals surface area contributed by atoms with E-state index >= 15 is 0 Å².